The van der Waals surface area contributed by atoms with Gasteiger partial charge in [0.05, 0.1) is 17.6 Å². The number of imidazole rings is 1. The van der Waals surface area contributed by atoms with Gasteiger partial charge in [0.15, 0.2) is 0 Å². The van der Waals surface area contributed by atoms with E-state index >= 15 is 0 Å². The summed E-state index contributed by atoms with van der Waals surface area (Å²) >= 11 is 0. The summed E-state index contributed by atoms with van der Waals surface area (Å²) in [5.41, 5.74) is 4.46. The molecule has 0 spiro atoms. The van der Waals surface area contributed by atoms with Crippen molar-refractivity contribution in [2.24, 2.45) is 5.92 Å². The highest BCUT2D eigenvalue weighted by Crippen LogP contribution is 2.21. The van der Waals surface area contributed by atoms with Gasteiger partial charge in [0.2, 0.25) is 0 Å². The number of piperidine rings is 1. The zero-order chi connectivity index (χ0) is 18.8. The van der Waals surface area contributed by atoms with Crippen molar-refractivity contribution in [1.82, 2.24) is 14.9 Å². The van der Waals surface area contributed by atoms with Crippen molar-refractivity contribution in [3.05, 3.63) is 59.4 Å². The fourth-order valence-corrected chi connectivity index (χ4v) is 3.56. The highest BCUT2D eigenvalue weighted by molar-refractivity contribution is 6.04. The Balaban J connectivity index is 1.45. The molecule has 27 heavy (non-hydrogen) atoms. The first-order chi connectivity index (χ1) is 13.1. The van der Waals surface area contributed by atoms with Crippen LogP contribution in [0, 0.1) is 12.8 Å². The number of nitrogens with zero attached hydrogens (tertiary/aromatic N) is 2. The van der Waals surface area contributed by atoms with Gasteiger partial charge in [-0.25, -0.2) is 4.98 Å². The van der Waals surface area contributed by atoms with E-state index in [0.29, 0.717) is 5.56 Å². The minimum Gasteiger partial charge on any atom is -0.341 e. The standard InChI is InChI=1S/C22H26N4O/c1-15-3-5-17(6-4-15)22(27)23-18-7-8-19-20(13-18)25-21(24-19)14-26-11-9-16(2)10-12-26/h3-8,13,16H,9-12,14H2,1-2H3,(H,23,27)(H,24,25). The third-order valence-corrected chi connectivity index (χ3v) is 5.35. The Morgan fingerprint density at radius 2 is 1.93 bits per heavy atom. The number of hydrogen-bond donors (Lipinski definition) is 2. The second kappa shape index (κ2) is 7.53. The molecule has 5 heteroatoms. The molecule has 1 aliphatic heterocycles. The highest BCUT2D eigenvalue weighted by atomic mass is 16.1. The van der Waals surface area contributed by atoms with Crippen LogP contribution in [-0.4, -0.2) is 33.9 Å². The summed E-state index contributed by atoms with van der Waals surface area (Å²) in [5.74, 6) is 1.72. The molecule has 0 radical (unpaired) electrons. The molecule has 0 unspecified atom stereocenters. The summed E-state index contributed by atoms with van der Waals surface area (Å²) in [7, 11) is 0. The summed E-state index contributed by atoms with van der Waals surface area (Å²) in [6, 6.07) is 13.4. The minimum absolute atomic E-state index is 0.100. The Morgan fingerprint density at radius 1 is 1.19 bits per heavy atom. The second-order valence-corrected chi connectivity index (χ2v) is 7.69. The van der Waals surface area contributed by atoms with E-state index in [-0.39, 0.29) is 5.91 Å². The van der Waals surface area contributed by atoms with Gasteiger partial charge in [0.1, 0.15) is 5.82 Å². The third kappa shape index (κ3) is 4.19. The molecule has 3 aromatic rings. The van der Waals surface area contributed by atoms with Crippen LogP contribution in [-0.2, 0) is 6.54 Å². The Labute approximate surface area is 159 Å². The van der Waals surface area contributed by atoms with Gasteiger partial charge in [0, 0.05) is 11.3 Å². The molecular weight excluding hydrogens is 336 g/mol. The van der Waals surface area contributed by atoms with E-state index in [1.54, 1.807) is 0 Å². The third-order valence-electron chi connectivity index (χ3n) is 5.35. The van der Waals surface area contributed by atoms with Gasteiger partial charge in [-0.3, -0.25) is 9.69 Å². The van der Waals surface area contributed by atoms with Crippen LogP contribution >= 0.6 is 0 Å². The van der Waals surface area contributed by atoms with Crippen molar-refractivity contribution in [1.29, 1.82) is 0 Å². The van der Waals surface area contributed by atoms with Crippen molar-refractivity contribution >= 4 is 22.6 Å². The molecule has 4 rings (SSSR count). The van der Waals surface area contributed by atoms with Crippen LogP contribution in [0.2, 0.25) is 0 Å². The maximum atomic E-state index is 12.4. The molecule has 1 fully saturated rings. The Morgan fingerprint density at radius 3 is 2.67 bits per heavy atom. The number of likely N-dealkylation sites (tertiary alicyclic amines) is 1. The SMILES string of the molecule is Cc1ccc(C(=O)Nc2ccc3nc(CN4CCC(C)CC4)[nH]c3c2)cc1. The van der Waals surface area contributed by atoms with Gasteiger partial charge < -0.3 is 10.3 Å². The number of hydrogen-bond acceptors (Lipinski definition) is 3. The van der Waals surface area contributed by atoms with Gasteiger partial charge in [-0.2, -0.15) is 0 Å². The monoisotopic (exact) mass is 362 g/mol. The van der Waals surface area contributed by atoms with E-state index in [2.05, 4.69) is 22.1 Å². The van der Waals surface area contributed by atoms with Crippen molar-refractivity contribution in [2.75, 3.05) is 18.4 Å². The molecule has 1 amide bonds. The number of aromatic amines is 1. The second-order valence-electron chi connectivity index (χ2n) is 7.69. The van der Waals surface area contributed by atoms with Crippen molar-refractivity contribution < 1.29 is 4.79 Å². The van der Waals surface area contributed by atoms with E-state index in [1.807, 2.05) is 49.4 Å². The maximum absolute atomic E-state index is 12.4. The molecule has 5 nitrogen and oxygen atoms in total. The molecule has 2 N–H and O–H groups in total. The Bertz CT molecular complexity index is 937. The predicted molar refractivity (Wildman–Crippen MR) is 109 cm³/mol. The number of rotatable bonds is 4. The highest BCUT2D eigenvalue weighted by Gasteiger charge is 2.17. The fourth-order valence-electron chi connectivity index (χ4n) is 3.56. The number of amides is 1. The van der Waals surface area contributed by atoms with Crippen molar-refractivity contribution in [3.63, 3.8) is 0 Å². The molecule has 1 aromatic heterocycles. The first-order valence-corrected chi connectivity index (χ1v) is 9.66. The molecule has 0 bridgehead atoms. The average Bonchev–Trinajstić information content (AvgIpc) is 3.05. The van der Waals surface area contributed by atoms with Crippen LogP contribution in [0.3, 0.4) is 0 Å². The lowest BCUT2D eigenvalue weighted by molar-refractivity contribution is 0.102. The molecule has 1 saturated heterocycles. The molecule has 0 aliphatic carbocycles. The van der Waals surface area contributed by atoms with Gasteiger partial charge >= 0.3 is 0 Å². The van der Waals surface area contributed by atoms with Crippen LogP contribution in [0.5, 0.6) is 0 Å². The van der Waals surface area contributed by atoms with Gasteiger partial charge in [0.25, 0.3) is 5.91 Å². The average molecular weight is 362 g/mol. The maximum Gasteiger partial charge on any atom is 0.255 e. The molecule has 0 atom stereocenters. The smallest absolute Gasteiger partial charge is 0.255 e. The predicted octanol–water partition coefficient (Wildman–Crippen LogP) is 4.36. The largest absolute Gasteiger partial charge is 0.341 e. The number of carbonyl (C=O) groups excluding carboxylic acids is 1. The lowest BCUT2D eigenvalue weighted by Crippen LogP contribution is -2.32. The summed E-state index contributed by atoms with van der Waals surface area (Å²) in [5, 5.41) is 2.97. The van der Waals surface area contributed by atoms with E-state index in [9.17, 15) is 4.79 Å². The number of aryl methyl sites for hydroxylation is 1. The zero-order valence-electron chi connectivity index (χ0n) is 16.0. The summed E-state index contributed by atoms with van der Waals surface area (Å²) in [6.07, 6.45) is 2.52. The topological polar surface area (TPSA) is 61.0 Å². The van der Waals surface area contributed by atoms with E-state index < -0.39 is 0 Å². The normalized spacial score (nSPS) is 15.9. The van der Waals surface area contributed by atoms with E-state index in [0.717, 1.165) is 53.7 Å². The number of aromatic nitrogens is 2. The minimum atomic E-state index is -0.100. The molecule has 140 valence electrons. The zero-order valence-corrected chi connectivity index (χ0v) is 16.0. The number of carbonyl (C=O) groups is 1. The Kier molecular flexibility index (Phi) is 4.94. The molecule has 1 aliphatic rings. The van der Waals surface area contributed by atoms with Crippen LogP contribution in [0.15, 0.2) is 42.5 Å². The van der Waals surface area contributed by atoms with E-state index in [4.69, 9.17) is 4.98 Å². The van der Waals surface area contributed by atoms with Gasteiger partial charge in [-0.1, -0.05) is 24.6 Å². The van der Waals surface area contributed by atoms with Crippen molar-refractivity contribution in [2.45, 2.75) is 33.2 Å². The fraction of sp³-hybridized carbons (Fsp3) is 0.364. The molecule has 2 aromatic carbocycles. The number of benzene rings is 2. The summed E-state index contributed by atoms with van der Waals surface area (Å²) < 4.78 is 0. The van der Waals surface area contributed by atoms with Crippen LogP contribution in [0.4, 0.5) is 5.69 Å². The lowest BCUT2D eigenvalue weighted by Gasteiger charge is -2.29. The summed E-state index contributed by atoms with van der Waals surface area (Å²) in [4.78, 5) is 23.0. The quantitative estimate of drug-likeness (QED) is 0.725. The Hall–Kier alpha value is -2.66. The van der Waals surface area contributed by atoms with Crippen LogP contribution in [0.1, 0.15) is 41.5 Å². The van der Waals surface area contributed by atoms with Crippen LogP contribution < -0.4 is 5.32 Å². The van der Waals surface area contributed by atoms with Crippen LogP contribution in [0.25, 0.3) is 11.0 Å². The number of anilines is 1. The molecular formula is C22H26N4O. The first-order valence-electron chi connectivity index (χ1n) is 9.66. The molecule has 2 heterocycles. The number of nitrogens with one attached hydrogen (secondary N) is 2. The number of H-pyrrole nitrogens is 1. The van der Waals surface area contributed by atoms with Gasteiger partial charge in [-0.05, 0) is 69.1 Å². The van der Waals surface area contributed by atoms with Crippen molar-refractivity contribution in [3.8, 4) is 0 Å². The first kappa shape index (κ1) is 17.7. The molecule has 0 saturated carbocycles. The van der Waals surface area contributed by atoms with E-state index in [1.165, 1.54) is 12.8 Å². The summed E-state index contributed by atoms with van der Waals surface area (Å²) in [6.45, 7) is 7.46. The lowest BCUT2D eigenvalue weighted by atomic mass is 9.99. The number of fused-ring (bicyclic) bond motifs is 1. The van der Waals surface area contributed by atoms with Gasteiger partial charge in [-0.15, -0.1) is 0 Å².